The molecule has 31 heteroatoms. The smallest absolute Gasteiger partial charge is 0.200 e. The van der Waals surface area contributed by atoms with Gasteiger partial charge in [-0.15, -0.1) is 29.3 Å². The van der Waals surface area contributed by atoms with E-state index < -0.39 is 241 Å². The summed E-state index contributed by atoms with van der Waals surface area (Å²) in [5.74, 6) is -82.1. The van der Waals surface area contributed by atoms with E-state index in [0.717, 1.165) is 0 Å². The zero-order chi connectivity index (χ0) is 57.1. The first-order chi connectivity index (χ1) is 35.3. The van der Waals surface area contributed by atoms with Gasteiger partial charge in [-0.2, -0.15) is 0 Å². The van der Waals surface area contributed by atoms with Gasteiger partial charge in [0.1, 0.15) is 46.5 Å². The molecule has 0 saturated heterocycles. The zero-order valence-electron chi connectivity index (χ0n) is 35.0. The van der Waals surface area contributed by atoms with Crippen LogP contribution < -0.4 is 0 Å². The fourth-order valence-electron chi connectivity index (χ4n) is 7.34. The minimum Gasteiger partial charge on any atom is -0.606 e. The van der Waals surface area contributed by atoms with Crippen LogP contribution in [0, 0.1) is 175 Å². The average molecular weight is 1190 g/mol. The fraction of sp³-hybridized carbons (Fsp3) is 0. The molecule has 0 fully saturated rings. The maximum absolute atomic E-state index is 14.7. The van der Waals surface area contributed by atoms with E-state index in [9.17, 15) is 132 Å². The second-order valence-electron chi connectivity index (χ2n) is 14.7. The van der Waals surface area contributed by atoms with Crippen molar-refractivity contribution in [1.82, 2.24) is 0 Å². The number of rotatable bonds is 6. The topological polar surface area (TPSA) is 0 Å². The van der Waals surface area contributed by atoms with Crippen molar-refractivity contribution in [3.63, 3.8) is 0 Å². The Balaban J connectivity index is 0.000000246. The molecule has 413 valence electrons. The Kier molecular flexibility index (Phi) is 15.8. The van der Waals surface area contributed by atoms with Gasteiger partial charge in [-0.3, -0.25) is 0 Å². The van der Waals surface area contributed by atoms with Crippen molar-refractivity contribution in [2.45, 2.75) is 0 Å². The third kappa shape index (κ3) is 8.69. The molecule has 8 aromatic rings. The molecule has 0 amide bonds. The van der Waals surface area contributed by atoms with Crippen LogP contribution in [0.2, 0.25) is 0 Å². The summed E-state index contributed by atoms with van der Waals surface area (Å²) in [7, 11) is 0. The third-order valence-electron chi connectivity index (χ3n) is 10.7. The van der Waals surface area contributed by atoms with Gasteiger partial charge >= 0.3 is 0 Å². The van der Waals surface area contributed by atoms with Crippen molar-refractivity contribution in [2.75, 3.05) is 0 Å². The summed E-state index contributed by atoms with van der Waals surface area (Å²) in [4.78, 5) is 0. The number of hydrogen-bond acceptors (Lipinski definition) is 0. The first-order valence-corrected chi connectivity index (χ1v) is 19.0. The van der Waals surface area contributed by atoms with Crippen LogP contribution in [0.3, 0.4) is 0 Å². The molecule has 77 heavy (non-hydrogen) atoms. The van der Waals surface area contributed by atoms with E-state index in [1.54, 1.807) is 0 Å². The van der Waals surface area contributed by atoms with Gasteiger partial charge in [-0.1, -0.05) is 16.7 Å². The van der Waals surface area contributed by atoms with Crippen molar-refractivity contribution in [3.05, 3.63) is 199 Å². The molecule has 0 nitrogen and oxygen atoms in total. The Hall–Kier alpha value is -7.57. The molecule has 0 aliphatic heterocycles. The van der Waals surface area contributed by atoms with Crippen LogP contribution in [0.15, 0.2) is 24.3 Å². The van der Waals surface area contributed by atoms with Crippen LogP contribution in [-0.4, -0.2) is 0 Å². The van der Waals surface area contributed by atoms with Crippen molar-refractivity contribution in [2.24, 2.45) is 0 Å². The van der Waals surface area contributed by atoms with Crippen LogP contribution in [0.25, 0.3) is 66.8 Å². The molecule has 1 radical (unpaired) electrons. The molecule has 0 aliphatic rings. The van der Waals surface area contributed by atoms with Crippen molar-refractivity contribution >= 4 is 0 Å². The van der Waals surface area contributed by atoms with Gasteiger partial charge in [-0.25, -0.2) is 128 Å². The van der Waals surface area contributed by atoms with Gasteiger partial charge in [0.2, 0.25) is 0 Å². The molecule has 0 bridgehead atoms. The van der Waals surface area contributed by atoms with Crippen LogP contribution >= 0.6 is 0 Å². The van der Waals surface area contributed by atoms with Gasteiger partial charge in [-0.05, 0) is 5.56 Å². The SMILES string of the molecule is Fc1c(F)c(F)c(-[c-]2[cH-][cH-][c-](-c3c(F)c(F)c(F)c(F)c3F)[c-]2-c2c(F)c(F)c(F)c(F)c2F)c(F)c1F.Fc1c(F)c(F)c(-c2ccc(-c3c(F)c(F)c(F)c(F)c3F)[c-]2-c2c(F)c(F)c(F)c(F)c2F)c(F)c1F.[Co]. The predicted molar refractivity (Wildman–Crippen MR) is 195 cm³/mol. The van der Waals surface area contributed by atoms with E-state index in [-0.39, 0.29) is 41.0 Å². The summed E-state index contributed by atoms with van der Waals surface area (Å²) in [5.41, 5.74) is -23.1. The number of halogens is 30. The second kappa shape index (κ2) is 20.8. The molecule has 0 atom stereocenters. The molecular formula is C46H4CoF30-6. The Morgan fingerprint density at radius 1 is 0.208 bits per heavy atom. The Bertz CT molecular complexity index is 3240. The van der Waals surface area contributed by atoms with Crippen LogP contribution in [0.4, 0.5) is 132 Å². The summed E-state index contributed by atoms with van der Waals surface area (Å²) in [6.07, 6.45) is 0. The van der Waals surface area contributed by atoms with Gasteiger partial charge in [0.25, 0.3) is 0 Å². The molecule has 0 N–H and O–H groups in total. The van der Waals surface area contributed by atoms with E-state index >= 15 is 0 Å². The molecule has 8 rings (SSSR count). The first-order valence-electron chi connectivity index (χ1n) is 19.0. The maximum Gasteiger partial charge on any atom is 0.200 e. The first kappa shape index (κ1) is 58.7. The van der Waals surface area contributed by atoms with Gasteiger partial charge in [0.05, 0.1) is 23.3 Å². The normalized spacial score (nSPS) is 11.4. The summed E-state index contributed by atoms with van der Waals surface area (Å²) in [5, 5.41) is 0. The number of benzene rings is 6. The van der Waals surface area contributed by atoms with Crippen LogP contribution in [0.5, 0.6) is 0 Å². The Morgan fingerprint density at radius 2 is 0.377 bits per heavy atom. The quantitative estimate of drug-likeness (QED) is 0.0674. The molecule has 0 heterocycles. The molecule has 0 unspecified atom stereocenters. The molecular weight excluding hydrogens is 1180 g/mol. The molecule has 0 aliphatic carbocycles. The van der Waals surface area contributed by atoms with E-state index in [4.69, 9.17) is 0 Å². The van der Waals surface area contributed by atoms with Gasteiger partial charge in [0.15, 0.2) is 93.1 Å². The van der Waals surface area contributed by atoms with Crippen LogP contribution in [0.1, 0.15) is 0 Å². The summed E-state index contributed by atoms with van der Waals surface area (Å²) < 4.78 is 423. The van der Waals surface area contributed by atoms with E-state index in [2.05, 4.69) is 0 Å². The van der Waals surface area contributed by atoms with E-state index in [0.29, 0.717) is 0 Å². The predicted octanol–water partition coefficient (Wildman–Crippen LogP) is 17.0. The minimum absolute atomic E-state index is 0. The minimum atomic E-state index is -2.83. The summed E-state index contributed by atoms with van der Waals surface area (Å²) >= 11 is 0. The summed E-state index contributed by atoms with van der Waals surface area (Å²) in [6, 6.07) is 0.552. The van der Waals surface area contributed by atoms with Crippen LogP contribution in [-0.2, 0) is 16.8 Å². The molecule has 0 aromatic heterocycles. The van der Waals surface area contributed by atoms with Gasteiger partial charge < -0.3 is 43.2 Å². The fourth-order valence-corrected chi connectivity index (χ4v) is 7.34. The van der Waals surface area contributed by atoms with Crippen molar-refractivity contribution < 1.29 is 148 Å². The maximum atomic E-state index is 14.7. The zero-order valence-corrected chi connectivity index (χ0v) is 36.0. The molecule has 0 spiro atoms. The summed E-state index contributed by atoms with van der Waals surface area (Å²) in [6.45, 7) is 0. The third-order valence-corrected chi connectivity index (χ3v) is 10.7. The Morgan fingerprint density at radius 3 is 0.597 bits per heavy atom. The average Bonchev–Trinajstić information content (AvgIpc) is 4.04. The largest absolute Gasteiger partial charge is 0.606 e. The Labute approximate surface area is 413 Å². The van der Waals surface area contributed by atoms with Gasteiger partial charge in [0, 0.05) is 27.9 Å². The van der Waals surface area contributed by atoms with Crippen molar-refractivity contribution in [3.8, 4) is 66.8 Å². The molecule has 0 saturated carbocycles. The van der Waals surface area contributed by atoms with Crippen molar-refractivity contribution in [1.29, 1.82) is 0 Å². The van der Waals surface area contributed by atoms with E-state index in [1.165, 1.54) is 0 Å². The standard InChI is InChI=1S/2C23H2F15.Co/c2*24-9-6(10(25)16(31)21(36)15(9)30)3-1-2-4(7-11(26)17(32)22(37)18(33)12(7)27)5(3)8-13(28)19(34)23(38)20(35)14(8)29;/h2*1-2H;/q-5;-1;. The molecule has 8 aromatic carbocycles. The monoisotopic (exact) mass is 1180 g/mol. The second-order valence-corrected chi connectivity index (χ2v) is 14.7. The van der Waals surface area contributed by atoms with E-state index in [1.807, 2.05) is 0 Å². The number of hydrogen-bond donors (Lipinski definition) is 0.